The number of hydrogen-bond acceptors (Lipinski definition) is 4. The summed E-state index contributed by atoms with van der Waals surface area (Å²) < 4.78 is 19.1. The van der Waals surface area contributed by atoms with Gasteiger partial charge >= 0.3 is 0 Å². The fraction of sp³-hybridized carbons (Fsp3) is 0.167. The molecule has 1 aliphatic rings. The van der Waals surface area contributed by atoms with Crippen LogP contribution < -0.4 is 10.1 Å². The Morgan fingerprint density at radius 2 is 2.16 bits per heavy atom. The van der Waals surface area contributed by atoms with Gasteiger partial charge in [0.2, 0.25) is 5.91 Å². The number of amides is 1. The highest BCUT2D eigenvalue weighted by atomic mass is 35.5. The number of hydrogen-bond donors (Lipinski definition) is 1. The molecule has 1 N–H and O–H groups in total. The molecule has 0 saturated carbocycles. The van der Waals surface area contributed by atoms with E-state index in [0.29, 0.717) is 30.0 Å². The van der Waals surface area contributed by atoms with Gasteiger partial charge in [-0.05, 0) is 18.6 Å². The molecule has 4 rings (SSSR count). The zero-order valence-electron chi connectivity index (χ0n) is 13.0. The monoisotopic (exact) mass is 357 g/mol. The molecule has 0 spiro atoms. The van der Waals surface area contributed by atoms with E-state index in [1.165, 1.54) is 12.1 Å². The number of benzene rings is 1. The van der Waals surface area contributed by atoms with Gasteiger partial charge in [0.25, 0.3) is 0 Å². The van der Waals surface area contributed by atoms with Crippen LogP contribution in [0, 0.1) is 5.82 Å². The minimum atomic E-state index is -0.564. The molecule has 1 aromatic carbocycles. The van der Waals surface area contributed by atoms with E-state index in [4.69, 9.17) is 16.3 Å². The summed E-state index contributed by atoms with van der Waals surface area (Å²) in [7, 11) is 0. The summed E-state index contributed by atoms with van der Waals surface area (Å²) in [5, 5.41) is 4.55. The summed E-state index contributed by atoms with van der Waals surface area (Å²) in [6.45, 7) is 0.335. The fourth-order valence-electron chi connectivity index (χ4n) is 2.98. The van der Waals surface area contributed by atoms with E-state index in [9.17, 15) is 9.18 Å². The van der Waals surface area contributed by atoms with Crippen LogP contribution in [0.1, 0.15) is 17.9 Å². The van der Waals surface area contributed by atoms with Crippen LogP contribution in [0.4, 0.5) is 10.1 Å². The minimum Gasteiger partial charge on any atom is -0.493 e. The predicted octanol–water partition coefficient (Wildman–Crippen LogP) is 3.93. The number of nitrogens with zero attached hydrogens (tertiary/aromatic N) is 2. The second-order valence-electron chi connectivity index (χ2n) is 5.77. The van der Waals surface area contributed by atoms with Crippen molar-refractivity contribution >= 4 is 34.0 Å². The van der Waals surface area contributed by atoms with Gasteiger partial charge in [-0.3, -0.25) is 14.8 Å². The average molecular weight is 358 g/mol. The molecular weight excluding hydrogens is 345 g/mol. The molecule has 1 aliphatic heterocycles. The summed E-state index contributed by atoms with van der Waals surface area (Å²) in [5.41, 5.74) is 1.17. The van der Waals surface area contributed by atoms with E-state index in [1.807, 2.05) is 6.07 Å². The van der Waals surface area contributed by atoms with Gasteiger partial charge in [0.1, 0.15) is 11.6 Å². The van der Waals surface area contributed by atoms with Gasteiger partial charge in [0.05, 0.1) is 29.4 Å². The van der Waals surface area contributed by atoms with Crippen molar-refractivity contribution in [1.29, 1.82) is 0 Å². The van der Waals surface area contributed by atoms with Crippen LogP contribution in [0.15, 0.2) is 43.0 Å². The van der Waals surface area contributed by atoms with Crippen LogP contribution in [0.5, 0.6) is 5.75 Å². The lowest BCUT2D eigenvalue weighted by Crippen LogP contribution is -2.26. The maximum absolute atomic E-state index is 13.6. The molecule has 0 radical (unpaired) electrons. The molecule has 0 saturated heterocycles. The number of rotatable bonds is 2. The highest BCUT2D eigenvalue weighted by Crippen LogP contribution is 2.37. The van der Waals surface area contributed by atoms with Crippen molar-refractivity contribution < 1.29 is 13.9 Å². The van der Waals surface area contributed by atoms with Gasteiger partial charge in [0.15, 0.2) is 0 Å². The van der Waals surface area contributed by atoms with Crippen molar-refractivity contribution in [1.82, 2.24) is 9.97 Å². The molecule has 2 aromatic heterocycles. The normalized spacial score (nSPS) is 16.2. The first kappa shape index (κ1) is 15.8. The van der Waals surface area contributed by atoms with Gasteiger partial charge in [-0.1, -0.05) is 11.6 Å². The van der Waals surface area contributed by atoms with Crippen molar-refractivity contribution in [3.05, 3.63) is 59.4 Å². The molecule has 1 amide bonds. The Labute approximate surface area is 147 Å². The molecule has 126 valence electrons. The van der Waals surface area contributed by atoms with E-state index < -0.39 is 11.7 Å². The molecule has 5 nitrogen and oxygen atoms in total. The van der Waals surface area contributed by atoms with Crippen LogP contribution in [-0.4, -0.2) is 22.5 Å². The second kappa shape index (κ2) is 6.29. The molecule has 0 unspecified atom stereocenters. The number of carbonyl (C=O) groups is 1. The molecular formula is C18H13ClFN3O2. The second-order valence-corrected chi connectivity index (χ2v) is 6.17. The first-order valence-corrected chi connectivity index (χ1v) is 8.11. The van der Waals surface area contributed by atoms with Gasteiger partial charge < -0.3 is 10.1 Å². The Morgan fingerprint density at radius 1 is 1.28 bits per heavy atom. The minimum absolute atomic E-state index is 0.0296. The van der Waals surface area contributed by atoms with Crippen molar-refractivity contribution in [3.63, 3.8) is 0 Å². The highest BCUT2D eigenvalue weighted by Gasteiger charge is 2.29. The van der Waals surface area contributed by atoms with Crippen molar-refractivity contribution in [2.45, 2.75) is 12.3 Å². The molecule has 0 aliphatic carbocycles. The van der Waals surface area contributed by atoms with E-state index in [-0.39, 0.29) is 10.9 Å². The van der Waals surface area contributed by atoms with Gasteiger partial charge in [-0.2, -0.15) is 0 Å². The van der Waals surface area contributed by atoms with Crippen molar-refractivity contribution in [2.75, 3.05) is 11.9 Å². The number of pyridine rings is 2. The highest BCUT2D eigenvalue weighted by molar-refractivity contribution is 6.30. The Balaban J connectivity index is 1.67. The van der Waals surface area contributed by atoms with Crippen LogP contribution >= 0.6 is 11.6 Å². The molecule has 3 aromatic rings. The first-order valence-electron chi connectivity index (χ1n) is 7.74. The zero-order valence-corrected chi connectivity index (χ0v) is 13.8. The molecule has 3 heterocycles. The average Bonchev–Trinajstić information content (AvgIpc) is 2.62. The maximum Gasteiger partial charge on any atom is 0.232 e. The first-order chi connectivity index (χ1) is 12.1. The van der Waals surface area contributed by atoms with E-state index in [2.05, 4.69) is 15.3 Å². The quantitative estimate of drug-likeness (QED) is 0.754. The lowest BCUT2D eigenvalue weighted by molar-refractivity contribution is -0.118. The number of fused-ring (bicyclic) bond motifs is 2. The topological polar surface area (TPSA) is 64.1 Å². The van der Waals surface area contributed by atoms with Crippen molar-refractivity contribution in [2.24, 2.45) is 0 Å². The molecule has 0 fully saturated rings. The Kier molecular flexibility index (Phi) is 3.97. The lowest BCUT2D eigenvalue weighted by atomic mass is 9.92. The summed E-state index contributed by atoms with van der Waals surface area (Å²) in [6.07, 6.45) is 7.12. The summed E-state index contributed by atoms with van der Waals surface area (Å²) in [5.74, 6) is -0.907. The molecule has 7 heteroatoms. The van der Waals surface area contributed by atoms with E-state index >= 15 is 0 Å². The van der Waals surface area contributed by atoms with E-state index in [1.54, 1.807) is 24.8 Å². The number of ether oxygens (including phenoxy) is 1. The predicted molar refractivity (Wildman–Crippen MR) is 92.4 cm³/mol. The summed E-state index contributed by atoms with van der Waals surface area (Å²) in [4.78, 5) is 21.1. The van der Waals surface area contributed by atoms with Gasteiger partial charge in [0, 0.05) is 41.0 Å². The van der Waals surface area contributed by atoms with Crippen LogP contribution in [0.25, 0.3) is 10.8 Å². The number of carbonyl (C=O) groups excluding carboxylic acids is 1. The van der Waals surface area contributed by atoms with E-state index in [0.717, 1.165) is 10.8 Å². The summed E-state index contributed by atoms with van der Waals surface area (Å²) >= 11 is 5.87. The molecule has 0 bridgehead atoms. The van der Waals surface area contributed by atoms with Crippen LogP contribution in [-0.2, 0) is 4.79 Å². The van der Waals surface area contributed by atoms with Crippen LogP contribution in [0.2, 0.25) is 5.02 Å². The zero-order chi connectivity index (χ0) is 17.4. The largest absolute Gasteiger partial charge is 0.493 e. The maximum atomic E-state index is 13.6. The van der Waals surface area contributed by atoms with Crippen LogP contribution in [0.3, 0.4) is 0 Å². The standard InChI is InChI=1S/C18H13ClFN3O2/c19-14-5-12-11(2-4-25-17(12)6-15(14)20)18(24)23-16-9-22-7-10-1-3-21-8-13(10)16/h1,3,5-9,11H,2,4H2,(H,23,24)/t11-/m0/s1. The number of anilines is 1. The Hall–Kier alpha value is -2.73. The third-order valence-corrected chi connectivity index (χ3v) is 4.52. The Morgan fingerprint density at radius 3 is 3.04 bits per heavy atom. The SMILES string of the molecule is O=C(Nc1cncc2ccncc12)[C@H]1CCOc2cc(F)c(Cl)cc21. The Bertz CT molecular complexity index is 974. The smallest absolute Gasteiger partial charge is 0.232 e. The fourth-order valence-corrected chi connectivity index (χ4v) is 3.15. The summed E-state index contributed by atoms with van der Waals surface area (Å²) in [6, 6.07) is 4.50. The van der Waals surface area contributed by atoms with Crippen molar-refractivity contribution in [3.8, 4) is 5.75 Å². The lowest BCUT2D eigenvalue weighted by Gasteiger charge is -2.25. The van der Waals surface area contributed by atoms with Gasteiger partial charge in [-0.15, -0.1) is 0 Å². The number of halogens is 2. The third kappa shape index (κ3) is 2.89. The third-order valence-electron chi connectivity index (χ3n) is 4.23. The molecule has 1 atom stereocenters. The van der Waals surface area contributed by atoms with Gasteiger partial charge in [-0.25, -0.2) is 4.39 Å². The molecule has 25 heavy (non-hydrogen) atoms. The number of aromatic nitrogens is 2. The number of nitrogens with one attached hydrogen (secondary N) is 1.